The molecule has 0 atom stereocenters. The summed E-state index contributed by atoms with van der Waals surface area (Å²) in [5.41, 5.74) is 0. The highest BCUT2D eigenvalue weighted by molar-refractivity contribution is 6.81. The van der Waals surface area contributed by atoms with Crippen molar-refractivity contribution in [3.05, 3.63) is 29.3 Å². The fourth-order valence-electron chi connectivity index (χ4n) is 1.13. The van der Waals surface area contributed by atoms with Crippen molar-refractivity contribution in [3.8, 4) is 0 Å². The minimum Gasteiger partial charge on any atom is -0.394 e. The Morgan fingerprint density at radius 1 is 1.15 bits per heavy atom. The Morgan fingerprint density at radius 3 is 2.15 bits per heavy atom. The van der Waals surface area contributed by atoms with Gasteiger partial charge in [0.15, 0.2) is 0 Å². The van der Waals surface area contributed by atoms with Crippen LogP contribution < -0.4 is 5.19 Å². The van der Waals surface area contributed by atoms with Crippen molar-refractivity contribution in [1.82, 2.24) is 0 Å². The number of halogens is 1. The first-order chi connectivity index (χ1) is 6.14. The topological polar surface area (TPSA) is 18.5 Å². The molecule has 0 spiro atoms. The predicted octanol–water partition coefficient (Wildman–Crippen LogP) is 1.91. The maximum absolute atomic E-state index is 6.04. The van der Waals surface area contributed by atoms with Crippen molar-refractivity contribution in [1.29, 1.82) is 0 Å². The van der Waals surface area contributed by atoms with E-state index in [1.165, 1.54) is 0 Å². The summed E-state index contributed by atoms with van der Waals surface area (Å²) in [5, 5.41) is 1.68. The summed E-state index contributed by atoms with van der Waals surface area (Å²) in [4.78, 5) is 0. The van der Waals surface area contributed by atoms with Crippen LogP contribution >= 0.6 is 11.6 Å². The second kappa shape index (κ2) is 4.24. The molecule has 4 heteroatoms. The summed E-state index contributed by atoms with van der Waals surface area (Å²) < 4.78 is 10.8. The molecule has 1 rings (SSSR count). The zero-order valence-electron chi connectivity index (χ0n) is 8.00. The van der Waals surface area contributed by atoms with E-state index in [1.54, 1.807) is 14.2 Å². The zero-order valence-corrected chi connectivity index (χ0v) is 9.76. The molecule has 0 aliphatic carbocycles. The number of rotatable bonds is 3. The maximum Gasteiger partial charge on any atom is 0.370 e. The zero-order chi connectivity index (χ0) is 9.90. The molecule has 0 aromatic heterocycles. The largest absolute Gasteiger partial charge is 0.394 e. The van der Waals surface area contributed by atoms with Crippen LogP contribution in [-0.4, -0.2) is 22.8 Å². The molecule has 0 saturated carbocycles. The lowest BCUT2D eigenvalue weighted by Crippen LogP contribution is -2.49. The average molecular weight is 217 g/mol. The van der Waals surface area contributed by atoms with Crippen molar-refractivity contribution in [3.63, 3.8) is 0 Å². The molecular weight excluding hydrogens is 204 g/mol. The van der Waals surface area contributed by atoms with E-state index in [9.17, 15) is 0 Å². The first-order valence-corrected chi connectivity index (χ1v) is 6.69. The van der Waals surface area contributed by atoms with Gasteiger partial charge in [-0.25, -0.2) is 0 Å². The molecule has 0 radical (unpaired) electrons. The van der Waals surface area contributed by atoms with Crippen LogP contribution in [0.4, 0.5) is 0 Å². The highest BCUT2D eigenvalue weighted by Gasteiger charge is 2.33. The number of hydrogen-bond acceptors (Lipinski definition) is 2. The summed E-state index contributed by atoms with van der Waals surface area (Å²) in [6, 6.07) is 7.62. The van der Waals surface area contributed by atoms with Gasteiger partial charge in [0, 0.05) is 24.4 Å². The molecule has 0 saturated heterocycles. The summed E-state index contributed by atoms with van der Waals surface area (Å²) in [6.07, 6.45) is 0. The summed E-state index contributed by atoms with van der Waals surface area (Å²) in [6.45, 7) is 1.97. The van der Waals surface area contributed by atoms with Gasteiger partial charge in [-0.2, -0.15) is 0 Å². The van der Waals surface area contributed by atoms with Crippen molar-refractivity contribution in [2.45, 2.75) is 6.55 Å². The van der Waals surface area contributed by atoms with E-state index < -0.39 is 8.56 Å². The monoisotopic (exact) mass is 216 g/mol. The molecule has 2 nitrogen and oxygen atoms in total. The van der Waals surface area contributed by atoms with E-state index >= 15 is 0 Å². The van der Waals surface area contributed by atoms with Crippen LogP contribution in [-0.2, 0) is 8.85 Å². The molecular formula is C9H13ClO2Si. The van der Waals surface area contributed by atoms with Crippen molar-refractivity contribution < 1.29 is 8.85 Å². The minimum absolute atomic E-state index is 0.709. The second-order valence-electron chi connectivity index (χ2n) is 2.83. The molecule has 72 valence electrons. The Labute approximate surface area is 84.7 Å². The number of benzene rings is 1. The quantitative estimate of drug-likeness (QED) is 0.719. The first kappa shape index (κ1) is 10.7. The Hall–Kier alpha value is -0.353. The van der Waals surface area contributed by atoms with Gasteiger partial charge in [-0.1, -0.05) is 29.8 Å². The van der Waals surface area contributed by atoms with E-state index in [2.05, 4.69) is 0 Å². The molecule has 0 N–H and O–H groups in total. The molecule has 1 aromatic carbocycles. The third-order valence-corrected chi connectivity index (χ3v) is 5.60. The normalized spacial score (nSPS) is 11.7. The molecule has 13 heavy (non-hydrogen) atoms. The molecule has 0 aliphatic heterocycles. The van der Waals surface area contributed by atoms with Crippen LogP contribution in [0.2, 0.25) is 11.6 Å². The lowest BCUT2D eigenvalue weighted by atomic mass is 10.4. The molecule has 0 bridgehead atoms. The van der Waals surface area contributed by atoms with Gasteiger partial charge in [-0.05, 0) is 12.6 Å². The third kappa shape index (κ3) is 2.11. The minimum atomic E-state index is -2.25. The van der Waals surface area contributed by atoms with Gasteiger partial charge >= 0.3 is 8.56 Å². The lowest BCUT2D eigenvalue weighted by Gasteiger charge is -2.23. The van der Waals surface area contributed by atoms with E-state index in [-0.39, 0.29) is 0 Å². The van der Waals surface area contributed by atoms with Gasteiger partial charge in [-0.15, -0.1) is 0 Å². The molecule has 1 aromatic rings. The smallest absolute Gasteiger partial charge is 0.370 e. The Kier molecular flexibility index (Phi) is 3.50. The van der Waals surface area contributed by atoms with E-state index in [0.29, 0.717) is 5.02 Å². The molecule has 0 heterocycles. The van der Waals surface area contributed by atoms with Crippen LogP contribution in [0.25, 0.3) is 0 Å². The van der Waals surface area contributed by atoms with Crippen molar-refractivity contribution in [2.24, 2.45) is 0 Å². The highest BCUT2D eigenvalue weighted by atomic mass is 35.5. The first-order valence-electron chi connectivity index (χ1n) is 3.99. The van der Waals surface area contributed by atoms with Gasteiger partial charge < -0.3 is 8.85 Å². The molecule has 0 amide bonds. The van der Waals surface area contributed by atoms with Crippen LogP contribution in [0, 0.1) is 0 Å². The summed E-state index contributed by atoms with van der Waals surface area (Å²) in [7, 11) is 1.05. The van der Waals surface area contributed by atoms with Gasteiger partial charge in [0.05, 0.1) is 0 Å². The van der Waals surface area contributed by atoms with Gasteiger partial charge in [0.2, 0.25) is 0 Å². The van der Waals surface area contributed by atoms with E-state index in [4.69, 9.17) is 20.5 Å². The standard InChI is InChI=1S/C9H13ClO2Si/c1-11-13(3,12-2)9-7-5-4-6-8(9)10/h4-7H,1-3H3. The highest BCUT2D eigenvalue weighted by Crippen LogP contribution is 2.12. The van der Waals surface area contributed by atoms with E-state index in [0.717, 1.165) is 5.19 Å². The van der Waals surface area contributed by atoms with Crippen LogP contribution in [0.1, 0.15) is 0 Å². The Balaban J connectivity index is 3.12. The fourth-order valence-corrected chi connectivity index (χ4v) is 3.31. The van der Waals surface area contributed by atoms with Crippen molar-refractivity contribution in [2.75, 3.05) is 14.2 Å². The van der Waals surface area contributed by atoms with Gasteiger partial charge in [0.25, 0.3) is 0 Å². The second-order valence-corrected chi connectivity index (χ2v) is 6.49. The molecule has 0 aliphatic rings. The van der Waals surface area contributed by atoms with Gasteiger partial charge in [-0.3, -0.25) is 0 Å². The lowest BCUT2D eigenvalue weighted by molar-refractivity contribution is 0.265. The molecule has 0 unspecified atom stereocenters. The molecule has 0 fully saturated rings. The predicted molar refractivity (Wildman–Crippen MR) is 56.7 cm³/mol. The van der Waals surface area contributed by atoms with Crippen LogP contribution in [0.15, 0.2) is 24.3 Å². The maximum atomic E-state index is 6.04. The summed E-state index contributed by atoms with van der Waals surface area (Å²) in [5.74, 6) is 0. The Bertz CT molecular complexity index is 287. The van der Waals surface area contributed by atoms with Gasteiger partial charge in [0.1, 0.15) is 0 Å². The Morgan fingerprint density at radius 2 is 1.69 bits per heavy atom. The van der Waals surface area contributed by atoms with E-state index in [1.807, 2.05) is 30.8 Å². The van der Waals surface area contributed by atoms with Crippen LogP contribution in [0.5, 0.6) is 0 Å². The number of hydrogen-bond donors (Lipinski definition) is 0. The third-order valence-electron chi connectivity index (χ3n) is 2.14. The van der Waals surface area contributed by atoms with Crippen LogP contribution in [0.3, 0.4) is 0 Å². The fraction of sp³-hybridized carbons (Fsp3) is 0.333. The van der Waals surface area contributed by atoms with Crippen molar-refractivity contribution >= 4 is 25.3 Å². The summed E-state index contributed by atoms with van der Waals surface area (Å²) >= 11 is 6.04. The average Bonchev–Trinajstić information content (AvgIpc) is 2.17. The SMILES string of the molecule is CO[Si](C)(OC)c1ccccc1Cl.